The van der Waals surface area contributed by atoms with E-state index in [-0.39, 0.29) is 0 Å². The largest absolute Gasteiger partial charge is 0.313 e. The third-order valence-electron chi connectivity index (χ3n) is 4.38. The predicted octanol–water partition coefficient (Wildman–Crippen LogP) is 2.88. The molecule has 1 saturated heterocycles. The fraction of sp³-hybridized carbons (Fsp3) is 0.625. The minimum Gasteiger partial charge on any atom is -0.313 e. The highest BCUT2D eigenvalue weighted by Crippen LogP contribution is 2.25. The van der Waals surface area contributed by atoms with E-state index in [2.05, 4.69) is 22.3 Å². The van der Waals surface area contributed by atoms with Crippen molar-refractivity contribution in [2.45, 2.75) is 38.1 Å². The zero-order valence-corrected chi connectivity index (χ0v) is 12.3. The lowest BCUT2D eigenvalue weighted by Crippen LogP contribution is -2.32. The number of hydrogen-bond donors (Lipinski definition) is 1. The maximum Gasteiger partial charge on any atom is 0.0408 e. The van der Waals surface area contributed by atoms with Crippen molar-refractivity contribution >= 4 is 11.6 Å². The Balaban J connectivity index is 1.38. The van der Waals surface area contributed by atoms with Crippen LogP contribution < -0.4 is 5.32 Å². The van der Waals surface area contributed by atoms with Crippen LogP contribution >= 0.6 is 11.6 Å². The van der Waals surface area contributed by atoms with Crippen LogP contribution in [0, 0.1) is 0 Å². The normalized spacial score (nSPS) is 22.9. The Morgan fingerprint density at radius 3 is 2.79 bits per heavy atom. The molecule has 1 atom stereocenters. The lowest BCUT2D eigenvalue weighted by Gasteiger charge is -2.16. The highest BCUT2D eigenvalue weighted by atomic mass is 35.5. The summed E-state index contributed by atoms with van der Waals surface area (Å²) in [5.41, 5.74) is 2.91. The monoisotopic (exact) mass is 278 g/mol. The molecule has 1 N–H and O–H groups in total. The smallest absolute Gasteiger partial charge is 0.0408 e. The van der Waals surface area contributed by atoms with Crippen LogP contribution in [0.4, 0.5) is 0 Å². The molecule has 2 nitrogen and oxygen atoms in total. The summed E-state index contributed by atoms with van der Waals surface area (Å²) in [6, 6.07) is 6.94. The lowest BCUT2D eigenvalue weighted by molar-refractivity contribution is 0.327. The van der Waals surface area contributed by atoms with Crippen molar-refractivity contribution in [1.82, 2.24) is 10.2 Å². The van der Waals surface area contributed by atoms with Crippen LogP contribution in [0.2, 0.25) is 5.02 Å². The number of fused-ring (bicyclic) bond motifs is 1. The Bertz CT molecular complexity index is 427. The molecule has 19 heavy (non-hydrogen) atoms. The summed E-state index contributed by atoms with van der Waals surface area (Å²) >= 11 is 6.04. The van der Waals surface area contributed by atoms with Gasteiger partial charge in [-0.25, -0.2) is 0 Å². The molecule has 1 aliphatic heterocycles. The van der Waals surface area contributed by atoms with Crippen molar-refractivity contribution in [2.24, 2.45) is 0 Å². The van der Waals surface area contributed by atoms with Crippen molar-refractivity contribution in [3.63, 3.8) is 0 Å². The molecule has 0 spiro atoms. The van der Waals surface area contributed by atoms with Crippen LogP contribution in [0.5, 0.6) is 0 Å². The lowest BCUT2D eigenvalue weighted by atomic mass is 10.1. The Hall–Kier alpha value is -0.570. The molecule has 1 unspecified atom stereocenters. The number of hydrogen-bond acceptors (Lipinski definition) is 2. The van der Waals surface area contributed by atoms with E-state index in [1.54, 1.807) is 0 Å². The average Bonchev–Trinajstić information content (AvgIpc) is 3.02. The molecule has 0 saturated carbocycles. The van der Waals surface area contributed by atoms with Gasteiger partial charge < -0.3 is 10.2 Å². The Morgan fingerprint density at radius 1 is 1.16 bits per heavy atom. The molecule has 2 aliphatic rings. The second kappa shape index (κ2) is 6.25. The molecule has 0 radical (unpaired) electrons. The van der Waals surface area contributed by atoms with E-state index in [1.807, 2.05) is 6.07 Å². The first-order valence-corrected chi connectivity index (χ1v) is 7.92. The second-order valence-electron chi connectivity index (χ2n) is 5.87. The van der Waals surface area contributed by atoms with Gasteiger partial charge in [0, 0.05) is 11.1 Å². The zero-order chi connectivity index (χ0) is 13.1. The fourth-order valence-corrected chi connectivity index (χ4v) is 3.54. The van der Waals surface area contributed by atoms with E-state index >= 15 is 0 Å². The summed E-state index contributed by atoms with van der Waals surface area (Å²) in [4.78, 5) is 2.59. The molecular formula is C16H23ClN2. The summed E-state index contributed by atoms with van der Waals surface area (Å²) in [6.45, 7) is 5.03. The van der Waals surface area contributed by atoms with Crippen LogP contribution in [0.15, 0.2) is 18.2 Å². The molecule has 1 heterocycles. The first kappa shape index (κ1) is 13.4. The van der Waals surface area contributed by atoms with Gasteiger partial charge in [0.25, 0.3) is 0 Å². The third kappa shape index (κ3) is 3.50. The Labute approximate surface area is 121 Å². The number of likely N-dealkylation sites (tertiary alicyclic amines) is 1. The Kier molecular flexibility index (Phi) is 4.42. The van der Waals surface area contributed by atoms with Crippen molar-refractivity contribution in [2.75, 3.05) is 26.2 Å². The highest BCUT2D eigenvalue weighted by Gasteiger charge is 2.20. The van der Waals surface area contributed by atoms with Gasteiger partial charge >= 0.3 is 0 Å². The number of nitrogens with zero attached hydrogens (tertiary/aromatic N) is 1. The Morgan fingerprint density at radius 2 is 1.95 bits per heavy atom. The van der Waals surface area contributed by atoms with E-state index < -0.39 is 0 Å². The molecule has 1 fully saturated rings. The van der Waals surface area contributed by atoms with E-state index in [0.29, 0.717) is 6.04 Å². The fourth-order valence-electron chi connectivity index (χ4n) is 3.35. The van der Waals surface area contributed by atoms with Crippen LogP contribution in [-0.2, 0) is 12.8 Å². The van der Waals surface area contributed by atoms with Gasteiger partial charge in [-0.2, -0.15) is 0 Å². The first-order valence-electron chi connectivity index (χ1n) is 7.54. The third-order valence-corrected chi connectivity index (χ3v) is 4.62. The van der Waals surface area contributed by atoms with E-state index in [9.17, 15) is 0 Å². The van der Waals surface area contributed by atoms with Crippen molar-refractivity contribution in [3.05, 3.63) is 34.3 Å². The molecule has 104 valence electrons. The van der Waals surface area contributed by atoms with Crippen molar-refractivity contribution in [3.8, 4) is 0 Å². The summed E-state index contributed by atoms with van der Waals surface area (Å²) in [6.07, 6.45) is 6.36. The van der Waals surface area contributed by atoms with Gasteiger partial charge in [-0.15, -0.1) is 0 Å². The predicted molar refractivity (Wildman–Crippen MR) is 80.9 cm³/mol. The minimum atomic E-state index is 0.618. The number of halogens is 1. The summed E-state index contributed by atoms with van der Waals surface area (Å²) < 4.78 is 0. The minimum absolute atomic E-state index is 0.618. The topological polar surface area (TPSA) is 15.3 Å². The average molecular weight is 279 g/mol. The quantitative estimate of drug-likeness (QED) is 0.833. The molecule has 1 aromatic carbocycles. The highest BCUT2D eigenvalue weighted by molar-refractivity contribution is 6.30. The van der Waals surface area contributed by atoms with Gasteiger partial charge in [0.1, 0.15) is 0 Å². The SMILES string of the molecule is Clc1ccc2c(c1)CC(NCCCN1CCCC1)C2. The van der Waals surface area contributed by atoms with Crippen LogP contribution in [-0.4, -0.2) is 37.1 Å². The summed E-state index contributed by atoms with van der Waals surface area (Å²) in [5, 5.41) is 4.57. The van der Waals surface area contributed by atoms with Gasteiger partial charge in [0.05, 0.1) is 0 Å². The van der Waals surface area contributed by atoms with Crippen molar-refractivity contribution in [1.29, 1.82) is 0 Å². The van der Waals surface area contributed by atoms with Crippen LogP contribution in [0.1, 0.15) is 30.4 Å². The molecule has 0 aromatic heterocycles. The van der Waals surface area contributed by atoms with Crippen molar-refractivity contribution < 1.29 is 0 Å². The maximum atomic E-state index is 6.04. The molecule has 1 aliphatic carbocycles. The zero-order valence-electron chi connectivity index (χ0n) is 11.5. The van der Waals surface area contributed by atoms with E-state index in [1.165, 1.54) is 50.0 Å². The molecular weight excluding hydrogens is 256 g/mol. The summed E-state index contributed by atoms with van der Waals surface area (Å²) in [7, 11) is 0. The van der Waals surface area contributed by atoms with Crippen LogP contribution in [0.25, 0.3) is 0 Å². The maximum absolute atomic E-state index is 6.04. The number of rotatable bonds is 5. The van der Waals surface area contributed by atoms with Crippen LogP contribution in [0.3, 0.4) is 0 Å². The van der Waals surface area contributed by atoms with E-state index in [0.717, 1.165) is 24.4 Å². The molecule has 3 heteroatoms. The molecule has 0 bridgehead atoms. The second-order valence-corrected chi connectivity index (χ2v) is 6.31. The van der Waals surface area contributed by atoms with Gasteiger partial charge in [-0.1, -0.05) is 17.7 Å². The first-order chi connectivity index (χ1) is 9.31. The molecule has 1 aromatic rings. The molecule has 3 rings (SSSR count). The van der Waals surface area contributed by atoms with Gasteiger partial charge in [-0.3, -0.25) is 0 Å². The van der Waals surface area contributed by atoms with Gasteiger partial charge in [0.2, 0.25) is 0 Å². The van der Waals surface area contributed by atoms with Gasteiger partial charge in [-0.05, 0) is 81.5 Å². The van der Waals surface area contributed by atoms with Gasteiger partial charge in [0.15, 0.2) is 0 Å². The number of nitrogens with one attached hydrogen (secondary N) is 1. The number of benzene rings is 1. The summed E-state index contributed by atoms with van der Waals surface area (Å²) in [5.74, 6) is 0. The standard InChI is InChI=1S/C16H23ClN2/c17-15-5-4-13-11-16(12-14(13)10-15)18-6-3-9-19-7-1-2-8-19/h4-5,10,16,18H,1-3,6-9,11-12H2. The molecule has 0 amide bonds. The van der Waals surface area contributed by atoms with E-state index in [4.69, 9.17) is 11.6 Å².